The number of nitrogens with zero attached hydrogens (tertiary/aromatic N) is 6. The van der Waals surface area contributed by atoms with E-state index < -0.39 is 0 Å². The van der Waals surface area contributed by atoms with Crippen LogP contribution in [0.15, 0.2) is 18.6 Å². The summed E-state index contributed by atoms with van der Waals surface area (Å²) in [5, 5.41) is 3.62. The van der Waals surface area contributed by atoms with E-state index in [0.29, 0.717) is 6.04 Å². The standard InChI is InChI=1S/C19H27N7O/c1-12-13(2)23-17(19(27)25(4)5)24-18(12)26-9-6-15(11-26)22-14(3)16-10-20-7-8-21-16/h7-8,10,14-15,22H,6,9,11H2,1-5H3/t14?,15-/m1/s1. The van der Waals surface area contributed by atoms with Gasteiger partial charge in [-0.2, -0.15) is 0 Å². The first-order chi connectivity index (χ1) is 12.9. The zero-order chi connectivity index (χ0) is 19.6. The number of amides is 1. The van der Waals surface area contributed by atoms with E-state index in [1.807, 2.05) is 13.8 Å². The Labute approximate surface area is 160 Å². The van der Waals surface area contributed by atoms with Crippen molar-refractivity contribution < 1.29 is 4.79 Å². The van der Waals surface area contributed by atoms with Gasteiger partial charge >= 0.3 is 0 Å². The summed E-state index contributed by atoms with van der Waals surface area (Å²) in [7, 11) is 3.43. The first-order valence-corrected chi connectivity index (χ1v) is 9.20. The maximum Gasteiger partial charge on any atom is 0.291 e. The smallest absolute Gasteiger partial charge is 0.291 e. The molecule has 1 unspecified atom stereocenters. The number of hydrogen-bond acceptors (Lipinski definition) is 7. The van der Waals surface area contributed by atoms with Crippen LogP contribution < -0.4 is 10.2 Å². The molecule has 1 aliphatic rings. The van der Waals surface area contributed by atoms with Crippen LogP contribution in [-0.4, -0.2) is 64.0 Å². The van der Waals surface area contributed by atoms with E-state index in [-0.39, 0.29) is 17.8 Å². The fourth-order valence-electron chi connectivity index (χ4n) is 3.28. The fourth-order valence-corrected chi connectivity index (χ4v) is 3.28. The minimum atomic E-state index is -0.176. The van der Waals surface area contributed by atoms with Crippen molar-refractivity contribution in [1.29, 1.82) is 0 Å². The van der Waals surface area contributed by atoms with Crippen molar-refractivity contribution >= 4 is 11.7 Å². The molecule has 0 aromatic carbocycles. The summed E-state index contributed by atoms with van der Waals surface area (Å²) in [6.45, 7) is 7.75. The summed E-state index contributed by atoms with van der Waals surface area (Å²) in [6.07, 6.45) is 6.19. The lowest BCUT2D eigenvalue weighted by atomic mass is 10.2. The van der Waals surface area contributed by atoms with Gasteiger partial charge in [0.2, 0.25) is 5.82 Å². The van der Waals surface area contributed by atoms with E-state index in [0.717, 1.165) is 42.3 Å². The van der Waals surface area contributed by atoms with E-state index in [2.05, 4.69) is 37.1 Å². The van der Waals surface area contributed by atoms with Gasteiger partial charge in [0.05, 0.1) is 5.69 Å². The van der Waals surface area contributed by atoms with Crippen molar-refractivity contribution in [1.82, 2.24) is 30.2 Å². The van der Waals surface area contributed by atoms with Crippen molar-refractivity contribution in [3.63, 3.8) is 0 Å². The van der Waals surface area contributed by atoms with Crippen molar-refractivity contribution in [2.24, 2.45) is 0 Å². The number of aromatic nitrogens is 4. The molecule has 1 amide bonds. The van der Waals surface area contributed by atoms with Crippen LogP contribution in [0, 0.1) is 13.8 Å². The van der Waals surface area contributed by atoms with E-state index in [9.17, 15) is 4.79 Å². The van der Waals surface area contributed by atoms with Crippen LogP contribution >= 0.6 is 0 Å². The van der Waals surface area contributed by atoms with Crippen molar-refractivity contribution in [3.8, 4) is 0 Å². The van der Waals surface area contributed by atoms with E-state index in [4.69, 9.17) is 0 Å². The quantitative estimate of drug-likeness (QED) is 0.855. The number of hydrogen-bond donors (Lipinski definition) is 1. The third-order valence-corrected chi connectivity index (χ3v) is 4.96. The second kappa shape index (κ2) is 7.96. The average Bonchev–Trinajstić information content (AvgIpc) is 3.12. The summed E-state index contributed by atoms with van der Waals surface area (Å²) >= 11 is 0. The topological polar surface area (TPSA) is 87.1 Å². The van der Waals surface area contributed by atoms with Crippen LogP contribution in [0.4, 0.5) is 5.82 Å². The Hall–Kier alpha value is -2.61. The van der Waals surface area contributed by atoms with Crippen LogP contribution in [-0.2, 0) is 0 Å². The van der Waals surface area contributed by atoms with Crippen LogP contribution in [0.5, 0.6) is 0 Å². The van der Waals surface area contributed by atoms with Gasteiger partial charge < -0.3 is 15.1 Å². The van der Waals surface area contributed by atoms with Gasteiger partial charge in [-0.15, -0.1) is 0 Å². The SMILES string of the molecule is Cc1nc(C(=O)N(C)C)nc(N2CC[C@@H](NC(C)c3cnccn3)C2)c1C. The number of carbonyl (C=O) groups excluding carboxylic acids is 1. The molecular weight excluding hydrogens is 342 g/mol. The van der Waals surface area contributed by atoms with Gasteiger partial charge in [0, 0.05) is 69.1 Å². The highest BCUT2D eigenvalue weighted by atomic mass is 16.2. The molecular formula is C19H27N7O. The molecule has 1 fully saturated rings. The maximum absolute atomic E-state index is 12.3. The van der Waals surface area contributed by atoms with Gasteiger partial charge in [0.15, 0.2) is 0 Å². The van der Waals surface area contributed by atoms with Gasteiger partial charge in [-0.05, 0) is 27.2 Å². The minimum Gasteiger partial charge on any atom is -0.355 e. The summed E-state index contributed by atoms with van der Waals surface area (Å²) in [5.74, 6) is 0.927. The molecule has 8 heteroatoms. The van der Waals surface area contributed by atoms with Crippen LogP contribution in [0.25, 0.3) is 0 Å². The zero-order valence-corrected chi connectivity index (χ0v) is 16.6. The Balaban J connectivity index is 1.74. The van der Waals surface area contributed by atoms with E-state index in [1.165, 1.54) is 4.90 Å². The van der Waals surface area contributed by atoms with Crippen LogP contribution in [0.2, 0.25) is 0 Å². The molecule has 3 heterocycles. The molecule has 0 spiro atoms. The molecule has 27 heavy (non-hydrogen) atoms. The monoisotopic (exact) mass is 369 g/mol. The summed E-state index contributed by atoms with van der Waals surface area (Å²) in [6, 6.07) is 0.451. The van der Waals surface area contributed by atoms with Crippen molar-refractivity contribution in [3.05, 3.63) is 41.4 Å². The molecule has 0 aliphatic carbocycles. The predicted octanol–water partition coefficient (Wildman–Crippen LogP) is 1.51. The molecule has 1 saturated heterocycles. The van der Waals surface area contributed by atoms with Gasteiger partial charge in [-0.1, -0.05) is 0 Å². The highest BCUT2D eigenvalue weighted by molar-refractivity contribution is 5.90. The molecule has 8 nitrogen and oxygen atoms in total. The molecule has 1 aliphatic heterocycles. The first-order valence-electron chi connectivity index (χ1n) is 9.20. The summed E-state index contributed by atoms with van der Waals surface area (Å²) < 4.78 is 0. The Morgan fingerprint density at radius 3 is 2.74 bits per heavy atom. The molecule has 0 radical (unpaired) electrons. The normalized spacial score (nSPS) is 17.8. The Bertz CT molecular complexity index is 809. The number of carbonyl (C=O) groups is 1. The van der Waals surface area contributed by atoms with Crippen LogP contribution in [0.3, 0.4) is 0 Å². The van der Waals surface area contributed by atoms with Gasteiger partial charge in [0.25, 0.3) is 5.91 Å². The van der Waals surface area contributed by atoms with Crippen molar-refractivity contribution in [2.45, 2.75) is 39.3 Å². The fraction of sp³-hybridized carbons (Fsp3) is 0.526. The minimum absolute atomic E-state index is 0.128. The summed E-state index contributed by atoms with van der Waals surface area (Å²) in [4.78, 5) is 33.5. The van der Waals surface area contributed by atoms with Crippen molar-refractivity contribution in [2.75, 3.05) is 32.1 Å². The second-order valence-corrected chi connectivity index (χ2v) is 7.23. The third kappa shape index (κ3) is 4.21. The molecule has 3 rings (SSSR count). The molecule has 2 aromatic heterocycles. The van der Waals surface area contributed by atoms with Crippen LogP contribution in [0.1, 0.15) is 47.0 Å². The molecule has 1 N–H and O–H groups in total. The maximum atomic E-state index is 12.3. The van der Waals surface area contributed by atoms with E-state index >= 15 is 0 Å². The van der Waals surface area contributed by atoms with E-state index in [1.54, 1.807) is 32.7 Å². The number of anilines is 1. The zero-order valence-electron chi connectivity index (χ0n) is 16.6. The molecule has 144 valence electrons. The molecule has 0 bridgehead atoms. The largest absolute Gasteiger partial charge is 0.355 e. The number of nitrogens with one attached hydrogen (secondary N) is 1. The molecule has 0 saturated carbocycles. The third-order valence-electron chi connectivity index (χ3n) is 4.96. The molecule has 2 aromatic rings. The predicted molar refractivity (Wildman–Crippen MR) is 104 cm³/mol. The average molecular weight is 369 g/mol. The Morgan fingerprint density at radius 2 is 2.07 bits per heavy atom. The lowest BCUT2D eigenvalue weighted by Gasteiger charge is -2.23. The summed E-state index contributed by atoms with van der Waals surface area (Å²) in [5.41, 5.74) is 2.80. The lowest BCUT2D eigenvalue weighted by Crippen LogP contribution is -2.35. The van der Waals surface area contributed by atoms with Gasteiger partial charge in [-0.3, -0.25) is 14.8 Å². The Kier molecular flexibility index (Phi) is 5.65. The molecule has 2 atom stereocenters. The number of aryl methyl sites for hydroxylation is 1. The highest BCUT2D eigenvalue weighted by Gasteiger charge is 2.28. The lowest BCUT2D eigenvalue weighted by molar-refractivity contribution is 0.0815. The van der Waals surface area contributed by atoms with Gasteiger partial charge in [0.1, 0.15) is 5.82 Å². The number of rotatable bonds is 5. The first kappa shape index (κ1) is 19.2. The Morgan fingerprint density at radius 1 is 1.30 bits per heavy atom. The highest BCUT2D eigenvalue weighted by Crippen LogP contribution is 2.25. The second-order valence-electron chi connectivity index (χ2n) is 7.23. The van der Waals surface area contributed by atoms with Gasteiger partial charge in [-0.25, -0.2) is 9.97 Å².